The number of hydrogen-bond donors (Lipinski definition) is 2. The van der Waals surface area contributed by atoms with Gasteiger partial charge in [0.2, 0.25) is 0 Å². The number of aromatic nitrogens is 2. The molecule has 0 saturated heterocycles. The minimum Gasteiger partial charge on any atom is -0.351 e. The topological polar surface area (TPSA) is 84.8 Å². The molecule has 1 rings (SSSR count). The van der Waals surface area contributed by atoms with Crippen molar-refractivity contribution in [2.45, 2.75) is 0 Å². The van der Waals surface area contributed by atoms with Crippen LogP contribution in [0.3, 0.4) is 0 Å². The Bertz CT molecular complexity index is 303. The van der Waals surface area contributed by atoms with Crippen LogP contribution >= 0.6 is 0 Å². The number of rotatable bonds is 0. The van der Waals surface area contributed by atoms with E-state index in [0.29, 0.717) is 0 Å². The Balaban J connectivity index is 3.29. The van der Waals surface area contributed by atoms with E-state index >= 15 is 0 Å². The standard InChI is InChI=1S/C5H6N4O/c6-4-3-8-1-2-9(4)5(7)10/h1-3,6H,(H2,7,10). The van der Waals surface area contributed by atoms with E-state index in [1.54, 1.807) is 0 Å². The summed E-state index contributed by atoms with van der Waals surface area (Å²) in [5.41, 5.74) is 4.87. The molecule has 3 N–H and O–H groups in total. The van der Waals surface area contributed by atoms with E-state index in [9.17, 15) is 4.79 Å². The zero-order valence-corrected chi connectivity index (χ0v) is 5.11. The van der Waals surface area contributed by atoms with Gasteiger partial charge in [-0.3, -0.25) is 15.0 Å². The monoisotopic (exact) mass is 138 g/mol. The van der Waals surface area contributed by atoms with Crippen molar-refractivity contribution >= 4 is 6.03 Å². The lowest BCUT2D eigenvalue weighted by Crippen LogP contribution is -2.30. The van der Waals surface area contributed by atoms with Gasteiger partial charge in [0.15, 0.2) is 5.49 Å². The fourth-order valence-corrected chi connectivity index (χ4v) is 0.553. The first-order valence-corrected chi connectivity index (χ1v) is 2.59. The van der Waals surface area contributed by atoms with E-state index in [0.717, 1.165) is 4.57 Å². The minimum atomic E-state index is -0.674. The minimum absolute atomic E-state index is 0.0185. The SMILES string of the molecule is N=c1cnccn1C(N)=O. The summed E-state index contributed by atoms with van der Waals surface area (Å²) in [6, 6.07) is -0.674. The van der Waals surface area contributed by atoms with E-state index in [1.807, 2.05) is 0 Å². The van der Waals surface area contributed by atoms with E-state index in [-0.39, 0.29) is 5.49 Å². The maximum Gasteiger partial charge on any atom is 0.324 e. The molecule has 0 fully saturated rings. The smallest absolute Gasteiger partial charge is 0.324 e. The molecule has 1 heterocycles. The number of carbonyl (C=O) groups excluding carboxylic acids is 1. The summed E-state index contributed by atoms with van der Waals surface area (Å²) in [6.45, 7) is 0. The molecule has 0 aliphatic carbocycles. The molecule has 0 bridgehead atoms. The molecule has 1 amide bonds. The Morgan fingerprint density at radius 2 is 2.50 bits per heavy atom. The first-order chi connectivity index (χ1) is 4.72. The van der Waals surface area contributed by atoms with Crippen LogP contribution in [0.1, 0.15) is 0 Å². The summed E-state index contributed by atoms with van der Waals surface area (Å²) in [5.74, 6) is 0. The van der Waals surface area contributed by atoms with Gasteiger partial charge in [-0.25, -0.2) is 4.79 Å². The average Bonchev–Trinajstić information content (AvgIpc) is 1.88. The first kappa shape index (κ1) is 6.47. The van der Waals surface area contributed by atoms with Crippen LogP contribution in [0.2, 0.25) is 0 Å². The Morgan fingerprint density at radius 3 is 2.90 bits per heavy atom. The van der Waals surface area contributed by atoms with Gasteiger partial charge in [-0.2, -0.15) is 0 Å². The van der Waals surface area contributed by atoms with Crippen LogP contribution in [0, 0.1) is 5.41 Å². The van der Waals surface area contributed by atoms with Gasteiger partial charge < -0.3 is 5.73 Å². The van der Waals surface area contributed by atoms with Crippen molar-refractivity contribution in [3.63, 3.8) is 0 Å². The zero-order valence-electron chi connectivity index (χ0n) is 5.11. The highest BCUT2D eigenvalue weighted by molar-refractivity contribution is 5.74. The average molecular weight is 138 g/mol. The van der Waals surface area contributed by atoms with Gasteiger partial charge in [0.25, 0.3) is 0 Å². The second-order valence-corrected chi connectivity index (χ2v) is 1.67. The zero-order chi connectivity index (χ0) is 7.56. The molecule has 0 atom stereocenters. The first-order valence-electron chi connectivity index (χ1n) is 2.59. The van der Waals surface area contributed by atoms with E-state index in [4.69, 9.17) is 11.1 Å². The molecule has 0 unspecified atom stereocenters. The van der Waals surface area contributed by atoms with Gasteiger partial charge in [-0.05, 0) is 0 Å². The molecule has 5 heteroatoms. The summed E-state index contributed by atoms with van der Waals surface area (Å²) in [5, 5.41) is 7.10. The van der Waals surface area contributed by atoms with Gasteiger partial charge in [0.1, 0.15) is 0 Å². The van der Waals surface area contributed by atoms with Gasteiger partial charge in [0, 0.05) is 12.4 Å². The molecule has 0 saturated carbocycles. The molecular formula is C5H6N4O. The largest absolute Gasteiger partial charge is 0.351 e. The fraction of sp³-hybridized carbons (Fsp3) is 0. The molecular weight excluding hydrogens is 132 g/mol. The Hall–Kier alpha value is -1.65. The third-order valence-electron chi connectivity index (χ3n) is 0.996. The highest BCUT2D eigenvalue weighted by Crippen LogP contribution is 1.72. The summed E-state index contributed by atoms with van der Waals surface area (Å²) < 4.78 is 0.993. The number of carbonyl (C=O) groups is 1. The van der Waals surface area contributed by atoms with Crippen LogP contribution < -0.4 is 11.2 Å². The van der Waals surface area contributed by atoms with Crippen molar-refractivity contribution in [1.29, 1.82) is 5.41 Å². The highest BCUT2D eigenvalue weighted by Gasteiger charge is 1.94. The second-order valence-electron chi connectivity index (χ2n) is 1.67. The maximum absolute atomic E-state index is 10.5. The Morgan fingerprint density at radius 1 is 1.80 bits per heavy atom. The number of primary amides is 1. The maximum atomic E-state index is 10.5. The van der Waals surface area contributed by atoms with Gasteiger partial charge in [-0.15, -0.1) is 0 Å². The van der Waals surface area contributed by atoms with Gasteiger partial charge in [-0.1, -0.05) is 0 Å². The lowest BCUT2D eigenvalue weighted by molar-refractivity contribution is 0.249. The number of nitrogens with one attached hydrogen (secondary N) is 1. The molecule has 0 aliphatic heterocycles. The third kappa shape index (κ3) is 1.02. The van der Waals surface area contributed by atoms with E-state index < -0.39 is 6.03 Å². The van der Waals surface area contributed by atoms with Crippen LogP contribution in [-0.2, 0) is 0 Å². The lowest BCUT2D eigenvalue weighted by Gasteiger charge is -1.96. The van der Waals surface area contributed by atoms with Crippen molar-refractivity contribution in [1.82, 2.24) is 9.55 Å². The van der Waals surface area contributed by atoms with E-state index in [2.05, 4.69) is 4.98 Å². The van der Waals surface area contributed by atoms with Gasteiger partial charge >= 0.3 is 6.03 Å². The van der Waals surface area contributed by atoms with E-state index in [1.165, 1.54) is 18.6 Å². The summed E-state index contributed by atoms with van der Waals surface area (Å²) in [4.78, 5) is 14.1. The number of nitrogens with two attached hydrogens (primary N) is 1. The second kappa shape index (κ2) is 2.30. The number of hydrogen-bond acceptors (Lipinski definition) is 3. The Labute approximate surface area is 56.6 Å². The predicted octanol–water partition coefficient (Wildman–Crippen LogP) is -0.711. The molecule has 10 heavy (non-hydrogen) atoms. The Kier molecular flexibility index (Phi) is 1.49. The third-order valence-corrected chi connectivity index (χ3v) is 0.996. The predicted molar refractivity (Wildman–Crippen MR) is 33.1 cm³/mol. The molecule has 1 aromatic heterocycles. The summed E-state index contributed by atoms with van der Waals surface area (Å²) in [7, 11) is 0. The fourth-order valence-electron chi connectivity index (χ4n) is 0.553. The van der Waals surface area contributed by atoms with Gasteiger partial charge in [0.05, 0.1) is 6.20 Å². The van der Waals surface area contributed by atoms with Crippen molar-refractivity contribution in [3.05, 3.63) is 24.1 Å². The molecule has 0 radical (unpaired) electrons. The molecule has 0 aromatic carbocycles. The summed E-state index contributed by atoms with van der Waals surface area (Å²) in [6.07, 6.45) is 3.97. The van der Waals surface area contributed by atoms with Crippen LogP contribution in [0.5, 0.6) is 0 Å². The van der Waals surface area contributed by atoms with Crippen LogP contribution in [0.4, 0.5) is 4.79 Å². The van der Waals surface area contributed by atoms with Crippen LogP contribution in [-0.4, -0.2) is 15.6 Å². The van der Waals surface area contributed by atoms with Crippen molar-refractivity contribution < 1.29 is 4.79 Å². The molecule has 52 valence electrons. The highest BCUT2D eigenvalue weighted by atomic mass is 16.2. The number of nitrogens with zero attached hydrogens (tertiary/aromatic N) is 2. The van der Waals surface area contributed by atoms with Crippen molar-refractivity contribution in [2.24, 2.45) is 5.73 Å². The molecule has 0 aliphatic rings. The van der Waals surface area contributed by atoms with Crippen LogP contribution in [0.25, 0.3) is 0 Å². The van der Waals surface area contributed by atoms with Crippen LogP contribution in [0.15, 0.2) is 18.6 Å². The van der Waals surface area contributed by atoms with Crippen molar-refractivity contribution in [3.8, 4) is 0 Å². The molecule has 0 spiro atoms. The molecule has 5 nitrogen and oxygen atoms in total. The molecule has 1 aromatic rings. The lowest BCUT2D eigenvalue weighted by atomic mass is 10.7. The quantitative estimate of drug-likeness (QED) is 0.496. The van der Waals surface area contributed by atoms with Crippen molar-refractivity contribution in [2.75, 3.05) is 0 Å². The normalized spacial score (nSPS) is 9.20. The number of amides is 1. The summed E-state index contributed by atoms with van der Waals surface area (Å²) >= 11 is 0.